The summed E-state index contributed by atoms with van der Waals surface area (Å²) in [6.07, 6.45) is 1.45. The van der Waals surface area contributed by atoms with E-state index in [1.165, 1.54) is 6.20 Å². The molecule has 0 fully saturated rings. The van der Waals surface area contributed by atoms with Crippen LogP contribution in [0.5, 0.6) is 11.5 Å². The van der Waals surface area contributed by atoms with Crippen molar-refractivity contribution in [3.8, 4) is 11.5 Å². The van der Waals surface area contributed by atoms with Gasteiger partial charge < -0.3 is 10.1 Å². The van der Waals surface area contributed by atoms with E-state index in [1.807, 2.05) is 54.6 Å². The molecular weight excluding hydrogens is 298 g/mol. The quantitative estimate of drug-likeness (QED) is 0.785. The van der Waals surface area contributed by atoms with Crippen molar-refractivity contribution in [1.29, 1.82) is 0 Å². The number of benzene rings is 2. The second kappa shape index (κ2) is 6.82. The van der Waals surface area contributed by atoms with Crippen LogP contribution in [-0.2, 0) is 6.54 Å². The molecule has 0 radical (unpaired) electrons. The highest BCUT2D eigenvalue weighted by Crippen LogP contribution is 2.21. The Labute approximate surface area is 131 Å². The Hall–Kier alpha value is -2.73. The van der Waals surface area contributed by atoms with Gasteiger partial charge in [0, 0.05) is 6.54 Å². The maximum absolute atomic E-state index is 11.8. The molecule has 3 rings (SSSR count). The molecule has 5 nitrogen and oxygen atoms in total. The highest BCUT2D eigenvalue weighted by molar-refractivity contribution is 7.07. The molecule has 6 heteroatoms. The highest BCUT2D eigenvalue weighted by atomic mass is 32.1. The first-order valence-electron chi connectivity index (χ1n) is 6.69. The summed E-state index contributed by atoms with van der Waals surface area (Å²) >= 11 is 1.07. The average Bonchev–Trinajstić information content (AvgIpc) is 3.08. The SMILES string of the molecule is O=C(NCc1cccc(Oc2ccccc2)c1)c1cnns1. The van der Waals surface area contributed by atoms with Crippen LogP contribution in [0.4, 0.5) is 0 Å². The van der Waals surface area contributed by atoms with E-state index >= 15 is 0 Å². The van der Waals surface area contributed by atoms with Gasteiger partial charge in [0.1, 0.15) is 16.4 Å². The first kappa shape index (κ1) is 14.2. The van der Waals surface area contributed by atoms with E-state index in [0.717, 1.165) is 28.6 Å². The Bertz CT molecular complexity index is 745. The van der Waals surface area contributed by atoms with Crippen molar-refractivity contribution >= 4 is 17.4 Å². The zero-order valence-electron chi connectivity index (χ0n) is 11.6. The second-order valence-electron chi connectivity index (χ2n) is 4.53. The van der Waals surface area contributed by atoms with Gasteiger partial charge >= 0.3 is 0 Å². The molecule has 2 aromatic carbocycles. The van der Waals surface area contributed by atoms with Crippen LogP contribution in [-0.4, -0.2) is 15.5 Å². The summed E-state index contributed by atoms with van der Waals surface area (Å²) in [5, 5.41) is 6.48. The molecule has 1 N–H and O–H groups in total. The Kier molecular flexibility index (Phi) is 4.41. The molecule has 110 valence electrons. The summed E-state index contributed by atoms with van der Waals surface area (Å²) in [4.78, 5) is 12.3. The van der Waals surface area contributed by atoms with E-state index in [9.17, 15) is 4.79 Å². The largest absolute Gasteiger partial charge is 0.457 e. The van der Waals surface area contributed by atoms with Gasteiger partial charge in [0.15, 0.2) is 0 Å². The summed E-state index contributed by atoms with van der Waals surface area (Å²) in [6, 6.07) is 17.2. The van der Waals surface area contributed by atoms with Crippen LogP contribution >= 0.6 is 11.5 Å². The van der Waals surface area contributed by atoms with Gasteiger partial charge in [-0.1, -0.05) is 34.8 Å². The van der Waals surface area contributed by atoms with Crippen LogP contribution in [0.1, 0.15) is 15.2 Å². The standard InChI is InChI=1S/C16H13N3O2S/c20-16(15-11-18-19-22-15)17-10-12-5-4-8-14(9-12)21-13-6-2-1-3-7-13/h1-9,11H,10H2,(H,17,20). The zero-order chi connectivity index (χ0) is 15.2. The second-order valence-corrected chi connectivity index (χ2v) is 5.31. The lowest BCUT2D eigenvalue weighted by molar-refractivity contribution is 0.0954. The van der Waals surface area contributed by atoms with E-state index in [1.54, 1.807) is 0 Å². The molecule has 0 aliphatic carbocycles. The number of carbonyl (C=O) groups excluding carboxylic acids is 1. The molecule has 22 heavy (non-hydrogen) atoms. The fraction of sp³-hybridized carbons (Fsp3) is 0.0625. The normalized spacial score (nSPS) is 10.2. The first-order valence-corrected chi connectivity index (χ1v) is 7.46. The van der Waals surface area contributed by atoms with Gasteiger partial charge in [0.25, 0.3) is 5.91 Å². The molecule has 1 heterocycles. The molecule has 1 amide bonds. The molecule has 0 saturated carbocycles. The third kappa shape index (κ3) is 3.67. The van der Waals surface area contributed by atoms with E-state index < -0.39 is 0 Å². The molecule has 3 aromatic rings. The third-order valence-electron chi connectivity index (χ3n) is 2.92. The average molecular weight is 311 g/mol. The monoisotopic (exact) mass is 311 g/mol. The minimum atomic E-state index is -0.176. The minimum absolute atomic E-state index is 0.176. The molecule has 0 saturated heterocycles. The Morgan fingerprint density at radius 3 is 2.68 bits per heavy atom. The van der Waals surface area contributed by atoms with Gasteiger partial charge in [-0.15, -0.1) is 5.10 Å². The number of nitrogens with one attached hydrogen (secondary N) is 1. The topological polar surface area (TPSA) is 64.1 Å². The number of hydrogen-bond acceptors (Lipinski definition) is 5. The fourth-order valence-corrected chi connectivity index (χ4v) is 2.31. The van der Waals surface area contributed by atoms with Crippen LogP contribution in [0.3, 0.4) is 0 Å². The molecule has 0 spiro atoms. The number of ether oxygens (including phenoxy) is 1. The number of rotatable bonds is 5. The minimum Gasteiger partial charge on any atom is -0.457 e. The van der Waals surface area contributed by atoms with Crippen molar-refractivity contribution in [1.82, 2.24) is 14.9 Å². The number of nitrogens with zero attached hydrogens (tertiary/aromatic N) is 2. The van der Waals surface area contributed by atoms with Crippen molar-refractivity contribution in [3.05, 3.63) is 71.2 Å². The number of hydrogen-bond donors (Lipinski definition) is 1. The number of aromatic nitrogens is 2. The summed E-state index contributed by atoms with van der Waals surface area (Å²) in [7, 11) is 0. The molecule has 1 aromatic heterocycles. The Morgan fingerprint density at radius 1 is 1.09 bits per heavy atom. The van der Waals surface area contributed by atoms with Gasteiger partial charge in [-0.05, 0) is 41.4 Å². The lowest BCUT2D eigenvalue weighted by Crippen LogP contribution is -2.21. The van der Waals surface area contributed by atoms with Crippen LogP contribution in [0.25, 0.3) is 0 Å². The van der Waals surface area contributed by atoms with Gasteiger partial charge in [0.2, 0.25) is 0 Å². The van der Waals surface area contributed by atoms with Crippen molar-refractivity contribution < 1.29 is 9.53 Å². The van der Waals surface area contributed by atoms with Gasteiger partial charge in [-0.25, -0.2) is 0 Å². The van der Waals surface area contributed by atoms with Crippen LogP contribution in [0.15, 0.2) is 60.8 Å². The van der Waals surface area contributed by atoms with Crippen LogP contribution in [0, 0.1) is 0 Å². The molecule has 0 unspecified atom stereocenters. The zero-order valence-corrected chi connectivity index (χ0v) is 12.4. The maximum Gasteiger partial charge on any atom is 0.264 e. The summed E-state index contributed by atoms with van der Waals surface area (Å²) in [5.41, 5.74) is 0.958. The number of amides is 1. The van der Waals surface area contributed by atoms with Crippen molar-refractivity contribution in [2.24, 2.45) is 0 Å². The molecule has 0 atom stereocenters. The van der Waals surface area contributed by atoms with E-state index in [0.29, 0.717) is 11.4 Å². The molecule has 0 aliphatic heterocycles. The van der Waals surface area contributed by atoms with Crippen LogP contribution in [0.2, 0.25) is 0 Å². The van der Waals surface area contributed by atoms with Crippen molar-refractivity contribution in [2.45, 2.75) is 6.54 Å². The Morgan fingerprint density at radius 2 is 1.91 bits per heavy atom. The van der Waals surface area contributed by atoms with E-state index in [2.05, 4.69) is 14.9 Å². The summed E-state index contributed by atoms with van der Waals surface area (Å²) in [5.74, 6) is 1.33. The lowest BCUT2D eigenvalue weighted by Gasteiger charge is -2.08. The molecule has 0 aliphatic rings. The van der Waals surface area contributed by atoms with Crippen LogP contribution < -0.4 is 10.1 Å². The van der Waals surface area contributed by atoms with Gasteiger partial charge in [0.05, 0.1) is 6.20 Å². The highest BCUT2D eigenvalue weighted by Gasteiger charge is 2.08. The molecule has 0 bridgehead atoms. The fourth-order valence-electron chi connectivity index (χ4n) is 1.88. The Balaban J connectivity index is 1.63. The maximum atomic E-state index is 11.8. The summed E-state index contributed by atoms with van der Waals surface area (Å²) in [6.45, 7) is 0.419. The number of para-hydroxylation sites is 1. The summed E-state index contributed by atoms with van der Waals surface area (Å²) < 4.78 is 9.44. The first-order chi connectivity index (χ1) is 10.8. The smallest absolute Gasteiger partial charge is 0.264 e. The molecular formula is C16H13N3O2S. The predicted octanol–water partition coefficient (Wildman–Crippen LogP) is 3.26. The van der Waals surface area contributed by atoms with Crippen molar-refractivity contribution in [2.75, 3.05) is 0 Å². The third-order valence-corrected chi connectivity index (χ3v) is 3.58. The predicted molar refractivity (Wildman–Crippen MR) is 84.0 cm³/mol. The van der Waals surface area contributed by atoms with Gasteiger partial charge in [-0.2, -0.15) is 0 Å². The number of carbonyl (C=O) groups is 1. The van der Waals surface area contributed by atoms with Crippen molar-refractivity contribution in [3.63, 3.8) is 0 Å². The lowest BCUT2D eigenvalue weighted by atomic mass is 10.2. The van der Waals surface area contributed by atoms with E-state index in [4.69, 9.17) is 4.74 Å². The van der Waals surface area contributed by atoms with E-state index in [-0.39, 0.29) is 5.91 Å². The van der Waals surface area contributed by atoms with Gasteiger partial charge in [-0.3, -0.25) is 4.79 Å².